The third-order valence-corrected chi connectivity index (χ3v) is 3.81. The number of non-ortho nitro benzene ring substituents is 1. The van der Waals surface area contributed by atoms with Crippen molar-refractivity contribution in [2.45, 2.75) is 6.61 Å². The van der Waals surface area contributed by atoms with E-state index in [1.807, 2.05) is 54.6 Å². The van der Waals surface area contributed by atoms with Gasteiger partial charge in [0.1, 0.15) is 18.1 Å². The van der Waals surface area contributed by atoms with Crippen LogP contribution in [0.15, 0.2) is 72.8 Å². The summed E-state index contributed by atoms with van der Waals surface area (Å²) in [5.74, 6) is 1.32. The van der Waals surface area contributed by atoms with Crippen molar-refractivity contribution in [1.29, 1.82) is 0 Å². The Morgan fingerprint density at radius 3 is 2.32 bits per heavy atom. The fourth-order valence-corrected chi connectivity index (χ4v) is 2.49. The summed E-state index contributed by atoms with van der Waals surface area (Å²) in [4.78, 5) is 10.7. The van der Waals surface area contributed by atoms with Gasteiger partial charge in [-0.05, 0) is 29.3 Å². The molecule has 0 saturated carbocycles. The Bertz CT molecular complexity index is 861. The van der Waals surface area contributed by atoms with Crippen LogP contribution in [-0.4, -0.2) is 12.0 Å². The summed E-state index contributed by atoms with van der Waals surface area (Å²) in [6.45, 7) is 0.391. The molecular weight excluding hydrogens is 318 g/mol. The topological polar surface area (TPSA) is 61.6 Å². The molecule has 0 radical (unpaired) electrons. The summed E-state index contributed by atoms with van der Waals surface area (Å²) >= 11 is 0. The van der Waals surface area contributed by atoms with Crippen LogP contribution in [0.2, 0.25) is 0 Å². The lowest BCUT2D eigenvalue weighted by Gasteiger charge is -2.12. The maximum atomic E-state index is 11.1. The van der Waals surface area contributed by atoms with E-state index in [0.29, 0.717) is 17.9 Å². The second kappa shape index (κ2) is 7.49. The van der Waals surface area contributed by atoms with Gasteiger partial charge in [0.15, 0.2) is 0 Å². The van der Waals surface area contributed by atoms with E-state index in [0.717, 1.165) is 16.9 Å². The Balaban J connectivity index is 1.94. The van der Waals surface area contributed by atoms with E-state index in [9.17, 15) is 10.1 Å². The van der Waals surface area contributed by atoms with Crippen molar-refractivity contribution >= 4 is 5.69 Å². The number of ether oxygens (including phenoxy) is 2. The number of hydrogen-bond donors (Lipinski definition) is 0. The van der Waals surface area contributed by atoms with Crippen molar-refractivity contribution in [3.8, 4) is 22.6 Å². The Hall–Kier alpha value is -3.34. The van der Waals surface area contributed by atoms with Crippen LogP contribution in [-0.2, 0) is 6.61 Å². The maximum Gasteiger partial charge on any atom is 0.270 e. The monoisotopic (exact) mass is 335 g/mol. The van der Waals surface area contributed by atoms with E-state index in [2.05, 4.69) is 0 Å². The van der Waals surface area contributed by atoms with Gasteiger partial charge < -0.3 is 9.47 Å². The van der Waals surface area contributed by atoms with E-state index >= 15 is 0 Å². The second-order valence-corrected chi connectivity index (χ2v) is 5.44. The van der Waals surface area contributed by atoms with Crippen molar-refractivity contribution in [1.82, 2.24) is 0 Å². The van der Waals surface area contributed by atoms with Gasteiger partial charge in [-0.2, -0.15) is 0 Å². The average molecular weight is 335 g/mol. The van der Waals surface area contributed by atoms with Gasteiger partial charge in [0.05, 0.1) is 12.0 Å². The molecule has 25 heavy (non-hydrogen) atoms. The van der Waals surface area contributed by atoms with Crippen LogP contribution in [0.25, 0.3) is 11.1 Å². The van der Waals surface area contributed by atoms with Crippen molar-refractivity contribution in [3.05, 3.63) is 88.5 Å². The van der Waals surface area contributed by atoms with Gasteiger partial charge >= 0.3 is 0 Å². The molecule has 0 fully saturated rings. The molecular formula is C20H17NO4. The number of hydrogen-bond acceptors (Lipinski definition) is 4. The van der Waals surface area contributed by atoms with Gasteiger partial charge in [0, 0.05) is 17.7 Å². The number of nitrogens with zero attached hydrogens (tertiary/aromatic N) is 1. The maximum absolute atomic E-state index is 11.1. The van der Waals surface area contributed by atoms with Crippen LogP contribution in [0.1, 0.15) is 5.56 Å². The molecule has 0 spiro atoms. The van der Waals surface area contributed by atoms with E-state index in [-0.39, 0.29) is 5.69 Å². The first-order valence-electron chi connectivity index (χ1n) is 7.77. The number of rotatable bonds is 6. The van der Waals surface area contributed by atoms with Gasteiger partial charge in [-0.15, -0.1) is 0 Å². The quantitative estimate of drug-likeness (QED) is 0.477. The van der Waals surface area contributed by atoms with Crippen molar-refractivity contribution in [3.63, 3.8) is 0 Å². The molecule has 5 nitrogen and oxygen atoms in total. The summed E-state index contributed by atoms with van der Waals surface area (Å²) in [6, 6.07) is 21.7. The molecule has 5 heteroatoms. The predicted molar refractivity (Wildman–Crippen MR) is 95.9 cm³/mol. The van der Waals surface area contributed by atoms with Crippen LogP contribution in [0.5, 0.6) is 11.5 Å². The van der Waals surface area contributed by atoms with Gasteiger partial charge in [0.25, 0.3) is 5.69 Å². The third-order valence-electron chi connectivity index (χ3n) is 3.81. The van der Waals surface area contributed by atoms with Crippen LogP contribution in [0, 0.1) is 10.1 Å². The van der Waals surface area contributed by atoms with Gasteiger partial charge in [0.2, 0.25) is 0 Å². The highest BCUT2D eigenvalue weighted by Crippen LogP contribution is 2.34. The molecule has 126 valence electrons. The predicted octanol–water partition coefficient (Wildman–Crippen LogP) is 4.85. The molecule has 0 atom stereocenters. The smallest absolute Gasteiger partial charge is 0.270 e. The van der Waals surface area contributed by atoms with Crippen LogP contribution >= 0.6 is 0 Å². The second-order valence-electron chi connectivity index (χ2n) is 5.44. The molecule has 0 aliphatic heterocycles. The highest BCUT2D eigenvalue weighted by atomic mass is 16.6. The minimum absolute atomic E-state index is 0.0258. The first-order valence-corrected chi connectivity index (χ1v) is 7.77. The number of nitro groups is 1. The summed E-state index contributed by atoms with van der Waals surface area (Å²) in [5.41, 5.74) is 2.56. The Morgan fingerprint density at radius 2 is 1.68 bits per heavy atom. The largest absolute Gasteiger partial charge is 0.497 e. The zero-order valence-corrected chi connectivity index (χ0v) is 13.7. The van der Waals surface area contributed by atoms with Gasteiger partial charge in [-0.25, -0.2) is 0 Å². The normalized spacial score (nSPS) is 10.3. The van der Waals surface area contributed by atoms with Crippen LogP contribution in [0.4, 0.5) is 5.69 Å². The van der Waals surface area contributed by atoms with Crippen molar-refractivity contribution < 1.29 is 14.4 Å². The summed E-state index contributed by atoms with van der Waals surface area (Å²) < 4.78 is 11.1. The number of methoxy groups -OCH3 is 1. The molecule has 0 saturated heterocycles. The highest BCUT2D eigenvalue weighted by Gasteiger charge is 2.14. The Morgan fingerprint density at radius 1 is 0.960 bits per heavy atom. The van der Waals surface area contributed by atoms with E-state index in [4.69, 9.17) is 9.47 Å². The fourth-order valence-electron chi connectivity index (χ4n) is 2.49. The lowest BCUT2D eigenvalue weighted by atomic mass is 10.0. The molecule has 0 heterocycles. The molecule has 3 rings (SSSR count). The Kier molecular flexibility index (Phi) is 4.95. The van der Waals surface area contributed by atoms with E-state index in [1.54, 1.807) is 13.2 Å². The molecule has 3 aromatic rings. The SMILES string of the molecule is COc1ccc(-c2cc([N+](=O)[O-])ccc2OCc2ccccc2)cc1. The molecule has 0 aliphatic carbocycles. The number of nitro benzene ring substituents is 1. The lowest BCUT2D eigenvalue weighted by molar-refractivity contribution is -0.384. The summed E-state index contributed by atoms with van der Waals surface area (Å²) in [5, 5.41) is 11.1. The lowest BCUT2D eigenvalue weighted by Crippen LogP contribution is -1.98. The first kappa shape index (κ1) is 16.5. The molecule has 3 aromatic carbocycles. The van der Waals surface area contributed by atoms with Gasteiger partial charge in [-0.1, -0.05) is 42.5 Å². The molecule has 0 amide bonds. The van der Waals surface area contributed by atoms with Crippen LogP contribution in [0.3, 0.4) is 0 Å². The molecule has 0 N–H and O–H groups in total. The van der Waals surface area contributed by atoms with Crippen molar-refractivity contribution in [2.24, 2.45) is 0 Å². The third kappa shape index (κ3) is 3.95. The minimum atomic E-state index is -0.409. The zero-order chi connectivity index (χ0) is 17.6. The van der Waals surface area contributed by atoms with E-state index in [1.165, 1.54) is 12.1 Å². The summed E-state index contributed by atoms with van der Waals surface area (Å²) in [7, 11) is 1.59. The molecule has 0 unspecified atom stereocenters. The number of benzene rings is 3. The zero-order valence-electron chi connectivity index (χ0n) is 13.7. The molecule has 0 aliphatic rings. The fraction of sp³-hybridized carbons (Fsp3) is 0.100. The van der Waals surface area contributed by atoms with Crippen molar-refractivity contribution in [2.75, 3.05) is 7.11 Å². The standard InChI is InChI=1S/C20H17NO4/c1-24-18-10-7-16(8-11-18)19-13-17(21(22)23)9-12-20(19)25-14-15-5-3-2-4-6-15/h2-13H,14H2,1H3. The molecule has 0 bridgehead atoms. The van der Waals surface area contributed by atoms with Gasteiger partial charge in [-0.3, -0.25) is 10.1 Å². The minimum Gasteiger partial charge on any atom is -0.497 e. The molecule has 0 aromatic heterocycles. The average Bonchev–Trinajstić information content (AvgIpc) is 2.67. The van der Waals surface area contributed by atoms with Crippen LogP contribution < -0.4 is 9.47 Å². The summed E-state index contributed by atoms with van der Waals surface area (Å²) in [6.07, 6.45) is 0. The Labute approximate surface area is 145 Å². The highest BCUT2D eigenvalue weighted by molar-refractivity contribution is 5.73. The van der Waals surface area contributed by atoms with E-state index < -0.39 is 4.92 Å². The first-order chi connectivity index (χ1) is 12.2.